The van der Waals surface area contributed by atoms with Crippen molar-refractivity contribution in [2.24, 2.45) is 0 Å². The molecule has 1 aromatic heterocycles. The number of amides is 1. The van der Waals surface area contributed by atoms with Gasteiger partial charge in [0.2, 0.25) is 5.91 Å². The monoisotopic (exact) mass is 251 g/mol. The van der Waals surface area contributed by atoms with Gasteiger partial charge < -0.3 is 10.6 Å². The smallest absolute Gasteiger partial charge is 0.235 e. The lowest BCUT2D eigenvalue weighted by Gasteiger charge is -2.19. The van der Waals surface area contributed by atoms with Crippen LogP contribution in [0.25, 0.3) is 0 Å². The Morgan fingerprint density at radius 1 is 1.53 bits per heavy atom. The van der Waals surface area contributed by atoms with Crippen LogP contribution in [-0.4, -0.2) is 34.1 Å². The first-order valence-corrected chi connectivity index (χ1v) is 6.72. The summed E-state index contributed by atoms with van der Waals surface area (Å²) in [6, 6.07) is 3.61. The van der Waals surface area contributed by atoms with E-state index in [9.17, 15) is 4.79 Å². The van der Waals surface area contributed by atoms with Crippen LogP contribution in [0.4, 0.5) is 5.69 Å². The van der Waals surface area contributed by atoms with Crippen molar-refractivity contribution in [1.29, 1.82) is 0 Å². The summed E-state index contributed by atoms with van der Waals surface area (Å²) in [6.45, 7) is 3.70. The minimum absolute atomic E-state index is 0.120. The average molecular weight is 251 g/mol. The lowest BCUT2D eigenvalue weighted by atomic mass is 10.4. The molecule has 1 amide bonds. The molecule has 1 fully saturated rings. The Hall–Kier alpha value is -1.23. The number of pyridine rings is 1. The third-order valence-corrected chi connectivity index (χ3v) is 3.97. The Balaban J connectivity index is 1.99. The number of thioether (sulfide) groups is 1. The van der Waals surface area contributed by atoms with Gasteiger partial charge in [0.05, 0.1) is 10.9 Å². The highest BCUT2D eigenvalue weighted by Crippen LogP contribution is 2.27. The summed E-state index contributed by atoms with van der Waals surface area (Å²) < 4.78 is 0. The molecule has 5 heteroatoms. The second-order valence-electron chi connectivity index (χ2n) is 4.19. The number of hydrogen-bond acceptors (Lipinski definition) is 4. The fourth-order valence-corrected chi connectivity index (χ4v) is 2.82. The van der Waals surface area contributed by atoms with E-state index in [1.807, 2.05) is 17.9 Å². The average Bonchev–Trinajstić information content (AvgIpc) is 2.84. The molecule has 0 radical (unpaired) electrons. The molecule has 0 bridgehead atoms. The molecule has 2 N–H and O–H groups in total. The van der Waals surface area contributed by atoms with E-state index in [0.29, 0.717) is 5.69 Å². The highest BCUT2D eigenvalue weighted by molar-refractivity contribution is 8.00. The molecule has 2 heterocycles. The SMILES string of the molecule is CC(Sc1ncccc1N)C(=O)N1CCCC1. The molecule has 1 atom stereocenters. The van der Waals surface area contributed by atoms with Crippen molar-refractivity contribution in [3.8, 4) is 0 Å². The molecular formula is C12H17N3OS. The first kappa shape index (κ1) is 12.2. The third kappa shape index (κ3) is 2.91. The molecule has 1 aliphatic heterocycles. The maximum Gasteiger partial charge on any atom is 0.235 e. The van der Waals surface area contributed by atoms with Crippen LogP contribution in [0.15, 0.2) is 23.4 Å². The predicted octanol–water partition coefficient (Wildman–Crippen LogP) is 1.77. The minimum Gasteiger partial charge on any atom is -0.397 e. The van der Waals surface area contributed by atoms with Crippen molar-refractivity contribution in [3.05, 3.63) is 18.3 Å². The summed E-state index contributed by atoms with van der Waals surface area (Å²) in [5, 5.41) is 0.623. The zero-order valence-corrected chi connectivity index (χ0v) is 10.7. The number of carbonyl (C=O) groups is 1. The first-order valence-electron chi connectivity index (χ1n) is 5.84. The largest absolute Gasteiger partial charge is 0.397 e. The molecule has 17 heavy (non-hydrogen) atoms. The Labute approximate surface area is 106 Å². The lowest BCUT2D eigenvalue weighted by Crippen LogP contribution is -2.34. The molecule has 2 rings (SSSR count). The van der Waals surface area contributed by atoms with Gasteiger partial charge in [0.25, 0.3) is 0 Å². The van der Waals surface area contributed by atoms with Crippen LogP contribution in [0, 0.1) is 0 Å². The maximum absolute atomic E-state index is 12.1. The summed E-state index contributed by atoms with van der Waals surface area (Å²) in [7, 11) is 0. The predicted molar refractivity (Wildman–Crippen MR) is 69.8 cm³/mol. The van der Waals surface area contributed by atoms with E-state index in [-0.39, 0.29) is 11.2 Å². The molecule has 0 spiro atoms. The molecule has 0 aliphatic carbocycles. The number of rotatable bonds is 3. The van der Waals surface area contributed by atoms with Gasteiger partial charge in [-0.05, 0) is 31.9 Å². The van der Waals surface area contributed by atoms with Crippen molar-refractivity contribution in [2.45, 2.75) is 30.0 Å². The molecule has 4 nitrogen and oxygen atoms in total. The summed E-state index contributed by atoms with van der Waals surface area (Å²) in [5.74, 6) is 0.192. The second kappa shape index (κ2) is 5.40. The van der Waals surface area contributed by atoms with Gasteiger partial charge in [0.15, 0.2) is 0 Å². The van der Waals surface area contributed by atoms with Crippen LogP contribution in [-0.2, 0) is 4.79 Å². The van der Waals surface area contributed by atoms with E-state index in [0.717, 1.165) is 31.0 Å². The van der Waals surface area contributed by atoms with E-state index in [4.69, 9.17) is 5.73 Å². The number of nitrogens with two attached hydrogens (primary N) is 1. The standard InChI is InChI=1S/C12H17N3OS/c1-9(12(16)15-7-2-3-8-15)17-11-10(13)5-4-6-14-11/h4-6,9H,2-3,7-8,13H2,1H3. The molecular weight excluding hydrogens is 234 g/mol. The van der Waals surface area contributed by atoms with Gasteiger partial charge in [-0.1, -0.05) is 11.8 Å². The third-order valence-electron chi connectivity index (χ3n) is 2.85. The van der Waals surface area contributed by atoms with Gasteiger partial charge in [0, 0.05) is 19.3 Å². The summed E-state index contributed by atoms with van der Waals surface area (Å²) in [4.78, 5) is 18.2. The molecule has 1 aromatic rings. The number of hydrogen-bond donors (Lipinski definition) is 1. The van der Waals surface area contributed by atoms with Crippen LogP contribution in [0.1, 0.15) is 19.8 Å². The van der Waals surface area contributed by atoms with Gasteiger partial charge in [0.1, 0.15) is 5.03 Å². The van der Waals surface area contributed by atoms with Crippen LogP contribution >= 0.6 is 11.8 Å². The van der Waals surface area contributed by atoms with Crippen molar-refractivity contribution >= 4 is 23.4 Å². The van der Waals surface area contributed by atoms with Crippen LogP contribution < -0.4 is 5.73 Å². The molecule has 0 saturated carbocycles. The summed E-state index contributed by atoms with van der Waals surface area (Å²) >= 11 is 1.44. The number of aromatic nitrogens is 1. The van der Waals surface area contributed by atoms with E-state index in [1.165, 1.54) is 11.8 Å². The fourth-order valence-electron chi connectivity index (χ4n) is 1.91. The Morgan fingerprint density at radius 2 is 2.24 bits per heavy atom. The van der Waals surface area contributed by atoms with Crippen LogP contribution in [0.5, 0.6) is 0 Å². The van der Waals surface area contributed by atoms with Gasteiger partial charge in [-0.3, -0.25) is 4.79 Å². The number of anilines is 1. The van der Waals surface area contributed by atoms with Crippen LogP contribution in [0.3, 0.4) is 0 Å². The number of nitrogens with zero attached hydrogens (tertiary/aromatic N) is 2. The van der Waals surface area contributed by atoms with E-state index in [1.54, 1.807) is 12.3 Å². The van der Waals surface area contributed by atoms with E-state index < -0.39 is 0 Å². The van der Waals surface area contributed by atoms with Crippen molar-refractivity contribution in [3.63, 3.8) is 0 Å². The van der Waals surface area contributed by atoms with Gasteiger partial charge in [-0.2, -0.15) is 0 Å². The zero-order chi connectivity index (χ0) is 12.3. The van der Waals surface area contributed by atoms with E-state index >= 15 is 0 Å². The molecule has 92 valence electrons. The number of carbonyl (C=O) groups excluding carboxylic acids is 1. The van der Waals surface area contributed by atoms with Crippen molar-refractivity contribution in [2.75, 3.05) is 18.8 Å². The quantitative estimate of drug-likeness (QED) is 0.832. The summed E-state index contributed by atoms with van der Waals surface area (Å²) in [6.07, 6.45) is 3.94. The van der Waals surface area contributed by atoms with E-state index in [2.05, 4.69) is 4.98 Å². The number of nitrogen functional groups attached to an aromatic ring is 1. The normalized spacial score (nSPS) is 17.1. The molecule has 1 unspecified atom stereocenters. The first-order chi connectivity index (χ1) is 8.18. The van der Waals surface area contributed by atoms with Gasteiger partial charge in [-0.25, -0.2) is 4.98 Å². The Kier molecular flexibility index (Phi) is 3.89. The number of likely N-dealkylation sites (tertiary alicyclic amines) is 1. The minimum atomic E-state index is -0.120. The van der Waals surface area contributed by atoms with Gasteiger partial charge >= 0.3 is 0 Å². The summed E-state index contributed by atoms with van der Waals surface area (Å²) in [5.41, 5.74) is 6.45. The highest BCUT2D eigenvalue weighted by atomic mass is 32.2. The Morgan fingerprint density at radius 3 is 2.88 bits per heavy atom. The fraction of sp³-hybridized carbons (Fsp3) is 0.500. The zero-order valence-electron chi connectivity index (χ0n) is 9.93. The van der Waals surface area contributed by atoms with Crippen molar-refractivity contribution in [1.82, 2.24) is 9.88 Å². The van der Waals surface area contributed by atoms with Gasteiger partial charge in [-0.15, -0.1) is 0 Å². The molecule has 1 aliphatic rings. The van der Waals surface area contributed by atoms with Crippen LogP contribution in [0.2, 0.25) is 0 Å². The second-order valence-corrected chi connectivity index (χ2v) is 5.52. The maximum atomic E-state index is 12.1. The topological polar surface area (TPSA) is 59.2 Å². The molecule has 1 saturated heterocycles. The highest BCUT2D eigenvalue weighted by Gasteiger charge is 2.24. The molecule has 0 aromatic carbocycles. The lowest BCUT2D eigenvalue weighted by molar-refractivity contribution is -0.129. The Bertz CT molecular complexity index is 404. The van der Waals surface area contributed by atoms with Crippen molar-refractivity contribution < 1.29 is 4.79 Å².